The molecule has 1 aromatic carbocycles. The predicted octanol–water partition coefficient (Wildman–Crippen LogP) is 2.83. The lowest BCUT2D eigenvalue weighted by atomic mass is 10.2. The van der Waals surface area contributed by atoms with Gasteiger partial charge in [-0.15, -0.1) is 10.2 Å². The molecule has 2 aromatic rings. The van der Waals surface area contributed by atoms with Gasteiger partial charge in [0, 0.05) is 23.7 Å². The van der Waals surface area contributed by atoms with E-state index in [1.54, 1.807) is 0 Å². The molecule has 8 nitrogen and oxygen atoms in total. The maximum absolute atomic E-state index is 11.8. The van der Waals surface area contributed by atoms with Crippen molar-refractivity contribution in [1.29, 1.82) is 0 Å². The third kappa shape index (κ3) is 4.29. The summed E-state index contributed by atoms with van der Waals surface area (Å²) >= 11 is 1.13. The second-order valence-corrected chi connectivity index (χ2v) is 5.63. The van der Waals surface area contributed by atoms with Crippen molar-refractivity contribution in [2.24, 2.45) is 0 Å². The van der Waals surface area contributed by atoms with E-state index in [1.165, 1.54) is 24.3 Å². The monoisotopic (exact) mass is 322 g/mol. The van der Waals surface area contributed by atoms with Gasteiger partial charge in [-0.05, 0) is 12.1 Å². The van der Waals surface area contributed by atoms with Gasteiger partial charge in [0.15, 0.2) is 0 Å². The van der Waals surface area contributed by atoms with E-state index in [0.29, 0.717) is 16.8 Å². The molecule has 0 fully saturated rings. The number of thioether (sulfide) groups is 1. The topological polar surface area (TPSA) is 111 Å². The van der Waals surface area contributed by atoms with Crippen molar-refractivity contribution in [3.63, 3.8) is 0 Å². The van der Waals surface area contributed by atoms with Crippen LogP contribution < -0.4 is 5.32 Å². The molecule has 116 valence electrons. The van der Waals surface area contributed by atoms with Crippen molar-refractivity contribution in [2.75, 3.05) is 11.1 Å². The maximum Gasteiger partial charge on any atom is 0.277 e. The van der Waals surface area contributed by atoms with Gasteiger partial charge >= 0.3 is 0 Å². The fourth-order valence-electron chi connectivity index (χ4n) is 1.50. The number of nitro benzene ring substituents is 1. The number of nitrogens with zero attached hydrogens (tertiary/aromatic N) is 3. The van der Waals surface area contributed by atoms with Crippen molar-refractivity contribution < 1.29 is 14.1 Å². The predicted molar refractivity (Wildman–Crippen MR) is 80.8 cm³/mol. The van der Waals surface area contributed by atoms with Crippen LogP contribution >= 0.6 is 11.8 Å². The molecule has 0 saturated carbocycles. The molecule has 1 amide bonds. The Bertz CT molecular complexity index is 669. The molecule has 9 heteroatoms. The first-order valence-corrected chi connectivity index (χ1v) is 7.45. The number of carbonyl (C=O) groups is 1. The second kappa shape index (κ2) is 7.03. The largest absolute Gasteiger partial charge is 0.416 e. The normalized spacial score (nSPS) is 10.7. The van der Waals surface area contributed by atoms with Crippen molar-refractivity contribution in [2.45, 2.75) is 25.0 Å². The number of amides is 1. The number of nitro groups is 1. The highest BCUT2D eigenvalue weighted by Gasteiger charge is 2.12. The quantitative estimate of drug-likeness (QED) is 0.494. The van der Waals surface area contributed by atoms with Gasteiger partial charge in [0.2, 0.25) is 11.8 Å². The summed E-state index contributed by atoms with van der Waals surface area (Å²) in [4.78, 5) is 21.8. The van der Waals surface area contributed by atoms with Gasteiger partial charge in [-0.25, -0.2) is 0 Å². The summed E-state index contributed by atoms with van der Waals surface area (Å²) in [5.41, 5.74) is 0.462. The van der Waals surface area contributed by atoms with Gasteiger partial charge in [-0.1, -0.05) is 25.6 Å². The number of anilines is 1. The third-order valence-corrected chi connectivity index (χ3v) is 3.42. The van der Waals surface area contributed by atoms with Gasteiger partial charge in [-0.3, -0.25) is 14.9 Å². The molecule has 0 bridgehead atoms. The second-order valence-electron chi connectivity index (χ2n) is 4.70. The lowest BCUT2D eigenvalue weighted by molar-refractivity contribution is -0.384. The number of aromatic nitrogens is 2. The third-order valence-electron chi connectivity index (χ3n) is 2.60. The van der Waals surface area contributed by atoms with Gasteiger partial charge in [-0.2, -0.15) is 0 Å². The molecule has 0 unspecified atom stereocenters. The standard InChI is InChI=1S/C13H14N4O4S/c1-8(2)12-15-16-13(21-12)22-7-11(18)14-9-3-5-10(6-4-9)17(19)20/h3-6,8H,7H2,1-2H3,(H,14,18). The number of non-ortho nitro benzene ring substituents is 1. The lowest BCUT2D eigenvalue weighted by Gasteiger charge is -2.03. The Morgan fingerprint density at radius 3 is 2.59 bits per heavy atom. The van der Waals surface area contributed by atoms with Crippen LogP contribution in [0.5, 0.6) is 0 Å². The molecule has 0 aliphatic heterocycles. The molecule has 0 aliphatic rings. The summed E-state index contributed by atoms with van der Waals surface area (Å²) in [6.45, 7) is 3.87. The molecule has 0 aliphatic carbocycles. The first-order chi connectivity index (χ1) is 10.5. The average molecular weight is 322 g/mol. The number of nitrogens with one attached hydrogen (secondary N) is 1. The number of carbonyl (C=O) groups excluding carboxylic acids is 1. The zero-order chi connectivity index (χ0) is 16.1. The van der Waals surface area contributed by atoms with E-state index in [-0.39, 0.29) is 23.3 Å². The molecule has 0 spiro atoms. The summed E-state index contributed by atoms with van der Waals surface area (Å²) < 4.78 is 5.37. The fourth-order valence-corrected chi connectivity index (χ4v) is 2.07. The fraction of sp³-hybridized carbons (Fsp3) is 0.308. The van der Waals surface area contributed by atoms with E-state index in [1.807, 2.05) is 13.8 Å². The van der Waals surface area contributed by atoms with Crippen LogP contribution in [0.1, 0.15) is 25.7 Å². The Labute approximate surface area is 130 Å². The van der Waals surface area contributed by atoms with Crippen LogP contribution in [0.25, 0.3) is 0 Å². The summed E-state index contributed by atoms with van der Waals surface area (Å²) in [5.74, 6) is 0.508. The highest BCUT2D eigenvalue weighted by molar-refractivity contribution is 7.99. The summed E-state index contributed by atoms with van der Waals surface area (Å²) in [5, 5.41) is 21.2. The first-order valence-electron chi connectivity index (χ1n) is 6.46. The van der Waals surface area contributed by atoms with E-state index in [0.717, 1.165) is 11.8 Å². The molecule has 0 radical (unpaired) electrons. The van der Waals surface area contributed by atoms with E-state index >= 15 is 0 Å². The van der Waals surface area contributed by atoms with Crippen molar-refractivity contribution in [3.05, 3.63) is 40.3 Å². The number of hydrogen-bond donors (Lipinski definition) is 1. The van der Waals surface area contributed by atoms with E-state index in [9.17, 15) is 14.9 Å². The molecular formula is C13H14N4O4S. The smallest absolute Gasteiger partial charge is 0.277 e. The summed E-state index contributed by atoms with van der Waals surface area (Å²) in [6, 6.07) is 5.61. The molecule has 2 rings (SSSR count). The number of rotatable bonds is 6. The Morgan fingerprint density at radius 1 is 1.36 bits per heavy atom. The zero-order valence-corrected chi connectivity index (χ0v) is 12.8. The SMILES string of the molecule is CC(C)c1nnc(SCC(=O)Nc2ccc([N+](=O)[O-])cc2)o1. The molecule has 0 atom stereocenters. The Kier molecular flexibility index (Phi) is 5.10. The molecule has 1 heterocycles. The van der Waals surface area contributed by atoms with Crippen LogP contribution in [0, 0.1) is 10.1 Å². The minimum atomic E-state index is -0.497. The molecule has 0 saturated heterocycles. The molecule has 1 aromatic heterocycles. The van der Waals surface area contributed by atoms with Crippen LogP contribution in [0.4, 0.5) is 11.4 Å². The number of benzene rings is 1. The molecule has 22 heavy (non-hydrogen) atoms. The van der Waals surface area contributed by atoms with Gasteiger partial charge in [0.1, 0.15) is 0 Å². The summed E-state index contributed by atoms with van der Waals surface area (Å²) in [7, 11) is 0. The van der Waals surface area contributed by atoms with Gasteiger partial charge in [0.25, 0.3) is 10.9 Å². The zero-order valence-electron chi connectivity index (χ0n) is 12.0. The first kappa shape index (κ1) is 16.0. The Morgan fingerprint density at radius 2 is 2.05 bits per heavy atom. The highest BCUT2D eigenvalue weighted by atomic mass is 32.2. The Balaban J connectivity index is 1.85. The molecule has 1 N–H and O–H groups in total. The van der Waals surface area contributed by atoms with Crippen LogP contribution in [0.15, 0.2) is 33.9 Å². The lowest BCUT2D eigenvalue weighted by Crippen LogP contribution is -2.13. The van der Waals surface area contributed by atoms with Crippen LogP contribution in [-0.2, 0) is 4.79 Å². The van der Waals surface area contributed by atoms with Gasteiger partial charge in [0.05, 0.1) is 10.7 Å². The minimum absolute atomic E-state index is 0.0283. The van der Waals surface area contributed by atoms with Crippen LogP contribution in [0.3, 0.4) is 0 Å². The average Bonchev–Trinajstić information content (AvgIpc) is 2.95. The van der Waals surface area contributed by atoms with E-state index in [2.05, 4.69) is 15.5 Å². The highest BCUT2D eigenvalue weighted by Crippen LogP contribution is 2.21. The number of hydrogen-bond acceptors (Lipinski definition) is 7. The minimum Gasteiger partial charge on any atom is -0.416 e. The van der Waals surface area contributed by atoms with E-state index in [4.69, 9.17) is 4.42 Å². The van der Waals surface area contributed by atoms with Crippen LogP contribution in [0.2, 0.25) is 0 Å². The van der Waals surface area contributed by atoms with E-state index < -0.39 is 4.92 Å². The molecular weight excluding hydrogens is 308 g/mol. The van der Waals surface area contributed by atoms with Crippen molar-refractivity contribution >= 4 is 29.0 Å². The van der Waals surface area contributed by atoms with Crippen molar-refractivity contribution in [3.8, 4) is 0 Å². The Hall–Kier alpha value is -2.42. The van der Waals surface area contributed by atoms with Crippen LogP contribution in [-0.4, -0.2) is 26.8 Å². The summed E-state index contributed by atoms with van der Waals surface area (Å²) in [6.07, 6.45) is 0. The van der Waals surface area contributed by atoms with Crippen molar-refractivity contribution in [1.82, 2.24) is 10.2 Å². The maximum atomic E-state index is 11.8. The van der Waals surface area contributed by atoms with Gasteiger partial charge < -0.3 is 9.73 Å².